The standard InChI is InChI=1S/C23H46S/c1-9-21(12-11-17(4)20(7)24)15-23(8,10-2)22-14-16(3)13-18(5)19(22)6/h16-22,24H,9-15H2,1-8H3. The van der Waals surface area contributed by atoms with E-state index in [0.717, 1.165) is 35.5 Å². The Balaban J connectivity index is 2.77. The van der Waals surface area contributed by atoms with E-state index in [2.05, 4.69) is 68.0 Å². The van der Waals surface area contributed by atoms with Gasteiger partial charge in [0.2, 0.25) is 0 Å². The van der Waals surface area contributed by atoms with Gasteiger partial charge in [-0.25, -0.2) is 0 Å². The molecule has 0 heterocycles. The highest BCUT2D eigenvalue weighted by molar-refractivity contribution is 7.80. The van der Waals surface area contributed by atoms with Crippen molar-refractivity contribution in [3.63, 3.8) is 0 Å². The molecule has 0 N–H and O–H groups in total. The molecular formula is C23H46S. The predicted octanol–water partition coefficient (Wildman–Crippen LogP) is 7.87. The van der Waals surface area contributed by atoms with E-state index in [4.69, 9.17) is 0 Å². The Morgan fingerprint density at radius 1 is 1.04 bits per heavy atom. The Kier molecular flexibility index (Phi) is 9.22. The molecule has 0 bridgehead atoms. The van der Waals surface area contributed by atoms with Crippen LogP contribution in [0.1, 0.15) is 100 Å². The van der Waals surface area contributed by atoms with Crippen LogP contribution < -0.4 is 0 Å². The van der Waals surface area contributed by atoms with Crippen molar-refractivity contribution < 1.29 is 0 Å². The fraction of sp³-hybridized carbons (Fsp3) is 1.00. The molecule has 1 rings (SSSR count). The number of hydrogen-bond acceptors (Lipinski definition) is 1. The van der Waals surface area contributed by atoms with Crippen molar-refractivity contribution in [2.24, 2.45) is 40.9 Å². The molecule has 0 radical (unpaired) electrons. The molecule has 144 valence electrons. The van der Waals surface area contributed by atoms with Gasteiger partial charge in [-0.1, -0.05) is 74.7 Å². The van der Waals surface area contributed by atoms with Crippen molar-refractivity contribution in [1.82, 2.24) is 0 Å². The van der Waals surface area contributed by atoms with Crippen LogP contribution in [0.2, 0.25) is 0 Å². The number of rotatable bonds is 9. The smallest absolute Gasteiger partial charge is 0.00141 e. The third-order valence-corrected chi connectivity index (χ3v) is 8.36. The van der Waals surface area contributed by atoms with Crippen LogP contribution >= 0.6 is 12.6 Å². The summed E-state index contributed by atoms with van der Waals surface area (Å²) < 4.78 is 0. The lowest BCUT2D eigenvalue weighted by Gasteiger charge is -2.49. The molecule has 1 aliphatic carbocycles. The fourth-order valence-corrected chi connectivity index (χ4v) is 5.47. The van der Waals surface area contributed by atoms with Gasteiger partial charge in [-0.3, -0.25) is 0 Å². The summed E-state index contributed by atoms with van der Waals surface area (Å²) in [5.74, 6) is 5.25. The highest BCUT2D eigenvalue weighted by Crippen LogP contribution is 2.51. The van der Waals surface area contributed by atoms with Crippen molar-refractivity contribution in [2.75, 3.05) is 0 Å². The van der Waals surface area contributed by atoms with E-state index in [0.29, 0.717) is 10.7 Å². The minimum absolute atomic E-state index is 0.527. The van der Waals surface area contributed by atoms with Gasteiger partial charge in [0.25, 0.3) is 0 Å². The van der Waals surface area contributed by atoms with Crippen molar-refractivity contribution in [2.45, 2.75) is 106 Å². The summed E-state index contributed by atoms with van der Waals surface area (Å²) in [6, 6.07) is 0. The second-order valence-corrected chi connectivity index (χ2v) is 10.6. The molecule has 0 spiro atoms. The summed E-state index contributed by atoms with van der Waals surface area (Å²) in [5.41, 5.74) is 0.527. The lowest BCUT2D eigenvalue weighted by molar-refractivity contribution is 0.00898. The van der Waals surface area contributed by atoms with Crippen LogP contribution in [-0.4, -0.2) is 5.25 Å². The molecule has 0 nitrogen and oxygen atoms in total. The van der Waals surface area contributed by atoms with E-state index in [-0.39, 0.29) is 0 Å². The molecule has 0 aromatic carbocycles. The molecule has 8 atom stereocenters. The molecule has 0 aromatic heterocycles. The third-order valence-electron chi connectivity index (χ3n) is 7.85. The lowest BCUT2D eigenvalue weighted by atomic mass is 9.56. The molecule has 24 heavy (non-hydrogen) atoms. The molecule has 0 aromatic rings. The topological polar surface area (TPSA) is 0 Å². The van der Waals surface area contributed by atoms with Crippen LogP contribution in [0.25, 0.3) is 0 Å². The average molecular weight is 355 g/mol. The van der Waals surface area contributed by atoms with Crippen molar-refractivity contribution >= 4 is 12.6 Å². The Hall–Kier alpha value is 0.350. The highest BCUT2D eigenvalue weighted by Gasteiger charge is 2.42. The van der Waals surface area contributed by atoms with Crippen LogP contribution in [0, 0.1) is 40.9 Å². The molecule has 1 aliphatic rings. The van der Waals surface area contributed by atoms with Crippen molar-refractivity contribution in [3.05, 3.63) is 0 Å². The second kappa shape index (κ2) is 9.89. The van der Waals surface area contributed by atoms with Gasteiger partial charge in [-0.05, 0) is 66.6 Å². The molecule has 0 amide bonds. The molecule has 1 heteroatoms. The third kappa shape index (κ3) is 5.96. The van der Waals surface area contributed by atoms with E-state index in [1.54, 1.807) is 0 Å². The maximum Gasteiger partial charge on any atom is 0.00141 e. The van der Waals surface area contributed by atoms with E-state index in [1.165, 1.54) is 44.9 Å². The van der Waals surface area contributed by atoms with Crippen LogP contribution in [0.15, 0.2) is 0 Å². The van der Waals surface area contributed by atoms with Gasteiger partial charge < -0.3 is 0 Å². The van der Waals surface area contributed by atoms with Gasteiger partial charge >= 0.3 is 0 Å². The van der Waals surface area contributed by atoms with Gasteiger partial charge in [0.1, 0.15) is 0 Å². The highest BCUT2D eigenvalue weighted by atomic mass is 32.1. The zero-order valence-corrected chi connectivity index (χ0v) is 18.8. The summed E-state index contributed by atoms with van der Waals surface area (Å²) in [5, 5.41) is 0.528. The maximum atomic E-state index is 4.64. The second-order valence-electron chi connectivity index (χ2n) is 9.80. The van der Waals surface area contributed by atoms with Gasteiger partial charge in [-0.15, -0.1) is 0 Å². The monoisotopic (exact) mass is 354 g/mol. The van der Waals surface area contributed by atoms with Gasteiger partial charge in [0.15, 0.2) is 0 Å². The van der Waals surface area contributed by atoms with Crippen LogP contribution in [0.4, 0.5) is 0 Å². The Bertz CT molecular complexity index is 350. The molecule has 1 saturated carbocycles. The van der Waals surface area contributed by atoms with E-state index >= 15 is 0 Å². The lowest BCUT2D eigenvalue weighted by Crippen LogP contribution is -2.40. The van der Waals surface area contributed by atoms with E-state index < -0.39 is 0 Å². The van der Waals surface area contributed by atoms with Crippen LogP contribution in [0.3, 0.4) is 0 Å². The fourth-order valence-electron chi connectivity index (χ4n) is 5.32. The summed E-state index contributed by atoms with van der Waals surface area (Å²) >= 11 is 4.64. The summed E-state index contributed by atoms with van der Waals surface area (Å²) in [6.45, 7) is 19.6. The first-order chi connectivity index (χ1) is 11.1. The molecule has 0 saturated heterocycles. The van der Waals surface area contributed by atoms with Gasteiger partial charge in [0, 0.05) is 5.25 Å². The Morgan fingerprint density at radius 2 is 1.67 bits per heavy atom. The quantitative estimate of drug-likeness (QED) is 0.400. The first-order valence-electron chi connectivity index (χ1n) is 10.8. The zero-order chi connectivity index (χ0) is 18.5. The van der Waals surface area contributed by atoms with E-state index in [1.807, 2.05) is 0 Å². The zero-order valence-electron chi connectivity index (χ0n) is 17.9. The van der Waals surface area contributed by atoms with Gasteiger partial charge in [0.05, 0.1) is 0 Å². The maximum absolute atomic E-state index is 4.64. The first-order valence-corrected chi connectivity index (χ1v) is 11.3. The molecular weight excluding hydrogens is 308 g/mol. The normalized spacial score (nSPS) is 34.4. The minimum Gasteiger partial charge on any atom is -0.176 e. The Morgan fingerprint density at radius 3 is 2.17 bits per heavy atom. The molecule has 8 unspecified atom stereocenters. The van der Waals surface area contributed by atoms with E-state index in [9.17, 15) is 0 Å². The summed E-state index contributed by atoms with van der Waals surface area (Å²) in [4.78, 5) is 0. The summed E-state index contributed by atoms with van der Waals surface area (Å²) in [7, 11) is 0. The van der Waals surface area contributed by atoms with Crippen LogP contribution in [-0.2, 0) is 0 Å². The minimum atomic E-state index is 0.527. The number of thiol groups is 1. The predicted molar refractivity (Wildman–Crippen MR) is 114 cm³/mol. The first kappa shape index (κ1) is 22.4. The summed E-state index contributed by atoms with van der Waals surface area (Å²) in [6.07, 6.45) is 9.75. The SMILES string of the molecule is CCC(CCC(C)C(C)S)CC(C)(CC)C1CC(C)CC(C)C1C. The van der Waals surface area contributed by atoms with Crippen molar-refractivity contribution in [1.29, 1.82) is 0 Å². The average Bonchev–Trinajstić information content (AvgIpc) is 2.53. The largest absolute Gasteiger partial charge is 0.176 e. The molecule has 0 aliphatic heterocycles. The van der Waals surface area contributed by atoms with Gasteiger partial charge in [-0.2, -0.15) is 12.6 Å². The molecule has 1 fully saturated rings. The van der Waals surface area contributed by atoms with Crippen LogP contribution in [0.5, 0.6) is 0 Å². The van der Waals surface area contributed by atoms with Crippen molar-refractivity contribution in [3.8, 4) is 0 Å². The Labute approximate surface area is 159 Å². The number of hydrogen-bond donors (Lipinski definition) is 1.